The third-order valence-electron chi connectivity index (χ3n) is 10.5. The van der Waals surface area contributed by atoms with E-state index in [4.69, 9.17) is 23.8 Å². The maximum Gasteiger partial charge on any atom is 0.410 e. The van der Waals surface area contributed by atoms with Gasteiger partial charge in [0, 0.05) is 43.1 Å². The molecule has 1 heterocycles. The lowest BCUT2D eigenvalue weighted by Gasteiger charge is -2.59. The largest absolute Gasteiger partial charge is 0.459 e. The van der Waals surface area contributed by atoms with Crippen LogP contribution in [-0.2, 0) is 14.3 Å². The number of aliphatic hydroxyl groups excluding tert-OH is 2. The van der Waals surface area contributed by atoms with E-state index >= 15 is 0 Å². The van der Waals surface area contributed by atoms with Crippen molar-refractivity contribution >= 4 is 23.6 Å². The van der Waals surface area contributed by atoms with Crippen molar-refractivity contribution < 1.29 is 38.8 Å². The molecule has 1 saturated carbocycles. The molecule has 53 heavy (non-hydrogen) atoms. The van der Waals surface area contributed by atoms with Crippen LogP contribution in [0.3, 0.4) is 0 Å². The molecule has 1 amide bonds. The van der Waals surface area contributed by atoms with Crippen LogP contribution in [0.25, 0.3) is 0 Å². The Kier molecular flexibility index (Phi) is 14.0. The third kappa shape index (κ3) is 9.24. The molecule has 1 aliphatic heterocycles. The number of likely N-dealkylation sites (N-methyl/N-ethyl adjacent to an activating group) is 1. The first-order valence-electron chi connectivity index (χ1n) is 18.8. The second kappa shape index (κ2) is 18.2. The van der Waals surface area contributed by atoms with Gasteiger partial charge in [0.05, 0.1) is 24.8 Å². The predicted molar refractivity (Wildman–Crippen MR) is 209 cm³/mol. The van der Waals surface area contributed by atoms with Gasteiger partial charge in [0.25, 0.3) is 0 Å². The Hall–Kier alpha value is -3.51. The number of rotatable bonds is 17. The van der Waals surface area contributed by atoms with Crippen LogP contribution in [0.5, 0.6) is 17.2 Å². The van der Waals surface area contributed by atoms with E-state index in [-0.39, 0.29) is 49.6 Å². The fourth-order valence-electron chi connectivity index (χ4n) is 8.19. The standard InChI is InChI=1S/C42H58N2O8S/c1-8-23-50-42-37(44(5)40(47)49-27-41(2,3)4)26-35(43-48-6)33-24-28(13-9-11-21-45)32(14-10-12-22-46)38(39(33)42)34-25-30(17-20-36(34)52-42)51-29-15-18-31(53-7)19-16-29/h8,15-20,24-25,28,32,37-39,45-46H,1,9-14,21-23,26-27H2,2-7H3. The maximum atomic E-state index is 13.9. The number of allylic oxidation sites excluding steroid dienone is 1. The summed E-state index contributed by atoms with van der Waals surface area (Å²) >= 11 is 1.68. The van der Waals surface area contributed by atoms with E-state index in [0.717, 1.165) is 53.2 Å². The summed E-state index contributed by atoms with van der Waals surface area (Å²) < 4.78 is 26.4. The molecule has 0 spiro atoms. The Labute approximate surface area is 319 Å². The van der Waals surface area contributed by atoms with E-state index in [1.54, 1.807) is 36.9 Å². The first-order chi connectivity index (χ1) is 25.5. The molecule has 6 unspecified atom stereocenters. The van der Waals surface area contributed by atoms with Gasteiger partial charge < -0.3 is 38.9 Å². The maximum absolute atomic E-state index is 13.9. The fraction of sp³-hybridized carbons (Fsp3) is 0.571. The van der Waals surface area contributed by atoms with Gasteiger partial charge in [-0.1, -0.05) is 50.9 Å². The number of hydrogen-bond acceptors (Lipinski definition) is 10. The summed E-state index contributed by atoms with van der Waals surface area (Å²) in [7, 11) is 3.28. The second-order valence-corrected chi connectivity index (χ2v) is 16.3. The Morgan fingerprint density at radius 1 is 1.08 bits per heavy atom. The highest BCUT2D eigenvalue weighted by Gasteiger charge is 2.65. The van der Waals surface area contributed by atoms with Crippen LogP contribution < -0.4 is 9.47 Å². The predicted octanol–water partition coefficient (Wildman–Crippen LogP) is 8.58. The molecule has 290 valence electrons. The van der Waals surface area contributed by atoms with Crippen LogP contribution >= 0.6 is 11.8 Å². The molecule has 0 saturated heterocycles. The summed E-state index contributed by atoms with van der Waals surface area (Å²) in [6.07, 6.45) is 10.7. The quantitative estimate of drug-likeness (QED) is 0.0709. The van der Waals surface area contributed by atoms with Gasteiger partial charge in [-0.15, -0.1) is 18.3 Å². The molecule has 5 rings (SSSR count). The minimum atomic E-state index is -1.33. The summed E-state index contributed by atoms with van der Waals surface area (Å²) in [4.78, 5) is 22.1. The lowest BCUT2D eigenvalue weighted by Crippen LogP contribution is -2.69. The molecule has 10 nitrogen and oxygen atoms in total. The zero-order valence-corrected chi connectivity index (χ0v) is 33.0. The monoisotopic (exact) mass is 750 g/mol. The van der Waals surface area contributed by atoms with E-state index in [0.29, 0.717) is 30.8 Å². The number of fused-ring (bicyclic) bond motifs is 2. The fourth-order valence-corrected chi connectivity index (χ4v) is 8.60. The Bertz CT molecular complexity index is 1600. The molecule has 0 radical (unpaired) electrons. The van der Waals surface area contributed by atoms with Gasteiger partial charge >= 0.3 is 6.09 Å². The number of ether oxygens (including phenoxy) is 4. The molecule has 6 atom stereocenters. The molecule has 2 aromatic rings. The van der Waals surface area contributed by atoms with Crippen LogP contribution in [0.4, 0.5) is 4.79 Å². The van der Waals surface area contributed by atoms with Crippen molar-refractivity contribution in [2.24, 2.45) is 28.3 Å². The molecule has 0 bridgehead atoms. The number of thioether (sulfide) groups is 1. The number of carbonyl (C=O) groups is 1. The van der Waals surface area contributed by atoms with E-state index in [1.165, 1.54) is 0 Å². The van der Waals surface area contributed by atoms with Crippen molar-refractivity contribution in [3.8, 4) is 17.2 Å². The molecular formula is C42H58N2O8S. The number of benzene rings is 2. The summed E-state index contributed by atoms with van der Waals surface area (Å²) in [6, 6.07) is 13.3. The molecule has 0 aromatic heterocycles. The van der Waals surface area contributed by atoms with Crippen molar-refractivity contribution in [3.05, 3.63) is 72.3 Å². The average molecular weight is 751 g/mol. The average Bonchev–Trinajstić information content (AvgIpc) is 3.14. The highest BCUT2D eigenvalue weighted by atomic mass is 32.2. The second-order valence-electron chi connectivity index (χ2n) is 15.5. The van der Waals surface area contributed by atoms with Crippen molar-refractivity contribution in [3.63, 3.8) is 0 Å². The third-order valence-corrected chi connectivity index (χ3v) is 11.3. The minimum absolute atomic E-state index is 0.111. The van der Waals surface area contributed by atoms with Crippen LogP contribution in [0.15, 0.2) is 76.8 Å². The molecule has 1 fully saturated rings. The highest BCUT2D eigenvalue weighted by Crippen LogP contribution is 2.62. The molecule has 2 aromatic carbocycles. The molecular weight excluding hydrogens is 693 g/mol. The zero-order chi connectivity index (χ0) is 38.2. The van der Waals surface area contributed by atoms with Gasteiger partial charge in [0.1, 0.15) is 30.4 Å². The van der Waals surface area contributed by atoms with Gasteiger partial charge in [0.2, 0.25) is 5.79 Å². The lowest BCUT2D eigenvalue weighted by molar-refractivity contribution is -0.253. The number of aliphatic hydroxyl groups is 2. The lowest BCUT2D eigenvalue weighted by atomic mass is 9.55. The zero-order valence-electron chi connectivity index (χ0n) is 32.2. The summed E-state index contributed by atoms with van der Waals surface area (Å²) in [5, 5.41) is 24.2. The topological polar surface area (TPSA) is 119 Å². The van der Waals surface area contributed by atoms with E-state index < -0.39 is 23.8 Å². The van der Waals surface area contributed by atoms with E-state index in [9.17, 15) is 15.0 Å². The van der Waals surface area contributed by atoms with Crippen LogP contribution in [0.1, 0.15) is 77.2 Å². The number of oxime groups is 1. The van der Waals surface area contributed by atoms with Gasteiger partial charge in [-0.2, -0.15) is 0 Å². The first-order valence-corrected chi connectivity index (χ1v) is 20.1. The smallest absolute Gasteiger partial charge is 0.410 e. The minimum Gasteiger partial charge on any atom is -0.459 e. The van der Waals surface area contributed by atoms with Crippen LogP contribution in [-0.4, -0.2) is 85.6 Å². The van der Waals surface area contributed by atoms with Gasteiger partial charge in [-0.25, -0.2) is 4.79 Å². The summed E-state index contributed by atoms with van der Waals surface area (Å²) in [6.45, 7) is 10.7. The Morgan fingerprint density at radius 3 is 2.42 bits per heavy atom. The van der Waals surface area contributed by atoms with Crippen molar-refractivity contribution in [1.82, 2.24) is 4.90 Å². The first kappa shape index (κ1) is 40.7. The Morgan fingerprint density at radius 2 is 1.77 bits per heavy atom. The molecule has 2 N–H and O–H groups in total. The number of unbranched alkanes of at least 4 members (excludes halogenated alkanes) is 2. The van der Waals surface area contributed by atoms with Crippen LogP contribution in [0, 0.1) is 23.2 Å². The van der Waals surface area contributed by atoms with Gasteiger partial charge in [-0.05, 0) is 97.2 Å². The molecule has 2 aliphatic carbocycles. The number of amides is 1. The van der Waals surface area contributed by atoms with Gasteiger partial charge in [0.15, 0.2) is 0 Å². The SMILES string of the molecule is C=CCOC12Oc3ccc(Oc4ccc(SC)cc4)cc3C3C(CCCCO)C(CCCCO)C=C(C(=NOC)CC1N(C)C(=O)OCC(C)(C)C)C32. The van der Waals surface area contributed by atoms with Crippen molar-refractivity contribution in [2.45, 2.75) is 88.4 Å². The normalized spacial score (nSPS) is 25.4. The van der Waals surface area contributed by atoms with E-state index in [2.05, 4.69) is 23.9 Å². The number of hydrogen-bond donors (Lipinski definition) is 2. The van der Waals surface area contributed by atoms with Gasteiger partial charge in [-0.3, -0.25) is 0 Å². The van der Waals surface area contributed by atoms with E-state index in [1.807, 2.05) is 63.4 Å². The molecule has 11 heteroatoms. The molecule has 3 aliphatic rings. The highest BCUT2D eigenvalue weighted by molar-refractivity contribution is 7.98. The Balaban J connectivity index is 1.71. The summed E-state index contributed by atoms with van der Waals surface area (Å²) in [5.74, 6) is 0.454. The summed E-state index contributed by atoms with van der Waals surface area (Å²) in [5.41, 5.74) is 2.48. The number of nitrogens with zero attached hydrogens (tertiary/aromatic N) is 2. The van der Waals surface area contributed by atoms with Crippen LogP contribution in [0.2, 0.25) is 0 Å². The van der Waals surface area contributed by atoms with Crippen molar-refractivity contribution in [1.29, 1.82) is 0 Å². The van der Waals surface area contributed by atoms with Crippen molar-refractivity contribution in [2.75, 3.05) is 46.8 Å². The number of carbonyl (C=O) groups excluding carboxylic acids is 1.